The summed E-state index contributed by atoms with van der Waals surface area (Å²) in [4.78, 5) is 4.78. The molecule has 0 radical (unpaired) electrons. The summed E-state index contributed by atoms with van der Waals surface area (Å²) in [5.41, 5.74) is 18.0. The summed E-state index contributed by atoms with van der Waals surface area (Å²) in [6.07, 6.45) is 2.39. The lowest BCUT2D eigenvalue weighted by Gasteiger charge is -2.42. The molecule has 9 rings (SSSR count). The van der Waals surface area contributed by atoms with E-state index in [0.717, 1.165) is 22.7 Å². The molecule has 272 valence electrons. The number of rotatable bonds is 7. The molecule has 2 aliphatic rings. The fourth-order valence-corrected chi connectivity index (χ4v) is 9.22. The average Bonchev–Trinajstić information content (AvgIpc) is 3.44. The van der Waals surface area contributed by atoms with Gasteiger partial charge in [0.15, 0.2) is 0 Å². The molecule has 0 spiro atoms. The van der Waals surface area contributed by atoms with Crippen LogP contribution in [-0.2, 0) is 16.2 Å². The van der Waals surface area contributed by atoms with Gasteiger partial charge in [-0.2, -0.15) is 0 Å². The fourth-order valence-electron chi connectivity index (χ4n) is 9.22. The van der Waals surface area contributed by atoms with Crippen molar-refractivity contribution in [3.63, 3.8) is 0 Å². The van der Waals surface area contributed by atoms with Crippen molar-refractivity contribution < 1.29 is 0 Å². The molecule has 7 aromatic carbocycles. The average molecular weight is 715 g/mol. The molecule has 0 fully saturated rings. The van der Waals surface area contributed by atoms with E-state index in [9.17, 15) is 0 Å². The molecule has 2 heteroatoms. The maximum absolute atomic E-state index is 2.49. The summed E-state index contributed by atoms with van der Waals surface area (Å²) >= 11 is 0. The predicted octanol–water partition coefficient (Wildman–Crippen LogP) is 14.9. The lowest BCUT2D eigenvalue weighted by Crippen LogP contribution is -2.34. The number of benzene rings is 7. The third-order valence-corrected chi connectivity index (χ3v) is 12.5. The Kier molecular flexibility index (Phi) is 8.35. The Hall–Kier alpha value is -5.86. The number of nitrogens with zero attached hydrogens (tertiary/aromatic N) is 2. The van der Waals surface area contributed by atoms with Crippen molar-refractivity contribution in [2.24, 2.45) is 0 Å². The molecule has 2 nitrogen and oxygen atoms in total. The number of hydrogen-bond donors (Lipinski definition) is 0. The van der Waals surface area contributed by atoms with E-state index in [4.69, 9.17) is 0 Å². The zero-order chi connectivity index (χ0) is 38.0. The van der Waals surface area contributed by atoms with Crippen molar-refractivity contribution in [1.82, 2.24) is 0 Å². The van der Waals surface area contributed by atoms with Crippen molar-refractivity contribution in [3.05, 3.63) is 192 Å². The second kappa shape index (κ2) is 13.2. The topological polar surface area (TPSA) is 6.48 Å². The molecular formula is C53H50N2. The summed E-state index contributed by atoms with van der Waals surface area (Å²) in [6.45, 7) is 14.4. The molecule has 2 aliphatic carbocycles. The second-order valence-corrected chi connectivity index (χ2v) is 17.3. The highest BCUT2D eigenvalue weighted by Gasteiger charge is 2.38. The van der Waals surface area contributed by atoms with E-state index in [1.807, 2.05) is 0 Å². The minimum atomic E-state index is -0.0346. The molecule has 0 bridgehead atoms. The summed E-state index contributed by atoms with van der Waals surface area (Å²) < 4.78 is 0. The molecule has 55 heavy (non-hydrogen) atoms. The summed E-state index contributed by atoms with van der Waals surface area (Å²) in [5, 5.41) is 0. The first-order valence-electron chi connectivity index (χ1n) is 19.8. The van der Waals surface area contributed by atoms with Crippen LogP contribution in [0.5, 0.6) is 0 Å². The number of hydrogen-bond acceptors (Lipinski definition) is 2. The highest BCUT2D eigenvalue weighted by Crippen LogP contribution is 2.52. The van der Waals surface area contributed by atoms with Gasteiger partial charge in [-0.1, -0.05) is 139 Å². The van der Waals surface area contributed by atoms with Crippen LogP contribution in [0, 0.1) is 0 Å². The molecule has 0 atom stereocenters. The monoisotopic (exact) mass is 714 g/mol. The second-order valence-electron chi connectivity index (χ2n) is 17.3. The smallest absolute Gasteiger partial charge is 0.0468 e. The molecule has 0 heterocycles. The van der Waals surface area contributed by atoms with E-state index in [2.05, 4.69) is 221 Å². The third-order valence-electron chi connectivity index (χ3n) is 12.5. The zero-order valence-electron chi connectivity index (χ0n) is 33.0. The van der Waals surface area contributed by atoms with Crippen LogP contribution >= 0.6 is 0 Å². The van der Waals surface area contributed by atoms with Gasteiger partial charge in [0.25, 0.3) is 0 Å². The Labute approximate surface area is 327 Å². The maximum atomic E-state index is 2.49. The molecule has 7 aromatic rings. The van der Waals surface area contributed by atoms with Gasteiger partial charge in [-0.05, 0) is 141 Å². The number of fused-ring (bicyclic) bond motifs is 4. The number of para-hydroxylation sites is 2. The Morgan fingerprint density at radius 3 is 1.29 bits per heavy atom. The van der Waals surface area contributed by atoms with E-state index >= 15 is 0 Å². The minimum Gasteiger partial charge on any atom is -0.311 e. The molecule has 0 saturated carbocycles. The van der Waals surface area contributed by atoms with Gasteiger partial charge in [0.2, 0.25) is 0 Å². The standard InChI is InChI=1S/C53H50N2/c1-51(2)33-34-52(3,4)50-36-44(30-32-49(50)51)55(43-29-31-48-46(35-43)45-19-13-14-20-47(45)53(48,5)6)42-27-23-38(24-28-42)37-21-25-41(26-22-37)54(39-15-9-7-10-16-39)40-17-11-8-12-18-40/h7-32,35-36H,33-34H2,1-6H3. The van der Waals surface area contributed by atoms with Crippen LogP contribution in [0.15, 0.2) is 170 Å². The Morgan fingerprint density at radius 1 is 0.327 bits per heavy atom. The molecule has 0 N–H and O–H groups in total. The normalized spacial score (nSPS) is 15.7. The van der Waals surface area contributed by atoms with E-state index in [-0.39, 0.29) is 16.2 Å². The number of anilines is 6. The van der Waals surface area contributed by atoms with Crippen molar-refractivity contribution in [2.45, 2.75) is 70.6 Å². The van der Waals surface area contributed by atoms with Crippen LogP contribution in [0.2, 0.25) is 0 Å². The molecular weight excluding hydrogens is 665 g/mol. The molecule has 0 saturated heterocycles. The van der Waals surface area contributed by atoms with Gasteiger partial charge in [-0.3, -0.25) is 0 Å². The minimum absolute atomic E-state index is 0.0346. The van der Waals surface area contributed by atoms with Crippen molar-refractivity contribution in [3.8, 4) is 22.3 Å². The first kappa shape index (κ1) is 34.9. The van der Waals surface area contributed by atoms with E-state index < -0.39 is 0 Å². The van der Waals surface area contributed by atoms with Crippen LogP contribution in [0.4, 0.5) is 34.1 Å². The summed E-state index contributed by atoms with van der Waals surface area (Å²) in [5.74, 6) is 0. The first-order chi connectivity index (χ1) is 26.5. The highest BCUT2D eigenvalue weighted by atomic mass is 15.1. The highest BCUT2D eigenvalue weighted by molar-refractivity contribution is 5.87. The zero-order valence-corrected chi connectivity index (χ0v) is 33.0. The van der Waals surface area contributed by atoms with Crippen LogP contribution < -0.4 is 9.80 Å². The molecule has 0 aromatic heterocycles. The lowest BCUT2D eigenvalue weighted by molar-refractivity contribution is 0.332. The van der Waals surface area contributed by atoms with Gasteiger partial charge in [0, 0.05) is 39.5 Å². The summed E-state index contributed by atoms with van der Waals surface area (Å²) in [7, 11) is 0. The Morgan fingerprint density at radius 2 is 0.727 bits per heavy atom. The van der Waals surface area contributed by atoms with E-state index in [0.29, 0.717) is 0 Å². The van der Waals surface area contributed by atoms with Crippen LogP contribution in [0.25, 0.3) is 22.3 Å². The summed E-state index contributed by atoms with van der Waals surface area (Å²) in [6, 6.07) is 62.6. The lowest BCUT2D eigenvalue weighted by atomic mass is 9.63. The van der Waals surface area contributed by atoms with Gasteiger partial charge in [-0.15, -0.1) is 0 Å². The Balaban J connectivity index is 1.12. The van der Waals surface area contributed by atoms with E-state index in [1.54, 1.807) is 0 Å². The van der Waals surface area contributed by atoms with Crippen LogP contribution in [0.1, 0.15) is 76.6 Å². The van der Waals surface area contributed by atoms with Gasteiger partial charge < -0.3 is 9.80 Å². The molecule has 0 amide bonds. The fraction of sp³-hybridized carbons (Fsp3) is 0.208. The van der Waals surface area contributed by atoms with Crippen molar-refractivity contribution in [2.75, 3.05) is 9.80 Å². The Bertz CT molecular complexity index is 2450. The van der Waals surface area contributed by atoms with Crippen molar-refractivity contribution >= 4 is 34.1 Å². The largest absolute Gasteiger partial charge is 0.311 e. The van der Waals surface area contributed by atoms with Crippen molar-refractivity contribution in [1.29, 1.82) is 0 Å². The third kappa shape index (κ3) is 6.05. The van der Waals surface area contributed by atoms with E-state index in [1.165, 1.54) is 68.7 Å². The maximum Gasteiger partial charge on any atom is 0.0468 e. The first-order valence-corrected chi connectivity index (χ1v) is 19.8. The van der Waals surface area contributed by atoms with Gasteiger partial charge >= 0.3 is 0 Å². The van der Waals surface area contributed by atoms with Gasteiger partial charge in [0.05, 0.1) is 0 Å². The molecule has 0 unspecified atom stereocenters. The van der Waals surface area contributed by atoms with Crippen LogP contribution in [0.3, 0.4) is 0 Å². The van der Waals surface area contributed by atoms with Gasteiger partial charge in [-0.25, -0.2) is 0 Å². The van der Waals surface area contributed by atoms with Crippen LogP contribution in [-0.4, -0.2) is 0 Å². The van der Waals surface area contributed by atoms with Gasteiger partial charge in [0.1, 0.15) is 0 Å². The quantitative estimate of drug-likeness (QED) is 0.162. The molecule has 0 aliphatic heterocycles. The SMILES string of the molecule is CC1(C)CCC(C)(C)c2cc(N(c3ccc(-c4ccc(N(c5ccccc5)c5ccccc5)cc4)cc3)c3ccc4c(c3)-c3ccccc3C4(C)C)ccc21. The predicted molar refractivity (Wildman–Crippen MR) is 234 cm³/mol.